The van der Waals surface area contributed by atoms with E-state index in [1.807, 2.05) is 43.3 Å². The maximum Gasteiger partial charge on any atom is 0.421 e. The van der Waals surface area contributed by atoms with E-state index >= 15 is 0 Å². The molecular formula is C40H43N3O6S2. The van der Waals surface area contributed by atoms with Crippen molar-refractivity contribution in [3.63, 3.8) is 0 Å². The third kappa shape index (κ3) is 9.29. The van der Waals surface area contributed by atoms with E-state index in [-0.39, 0.29) is 29.8 Å². The van der Waals surface area contributed by atoms with Gasteiger partial charge < -0.3 is 14.7 Å². The smallest absolute Gasteiger partial charge is 0.421 e. The molecule has 2 N–H and O–H groups in total. The van der Waals surface area contributed by atoms with Crippen molar-refractivity contribution >= 4 is 33.4 Å². The van der Waals surface area contributed by atoms with E-state index in [0.717, 1.165) is 28.2 Å². The van der Waals surface area contributed by atoms with Crippen LogP contribution in [0.3, 0.4) is 0 Å². The van der Waals surface area contributed by atoms with Gasteiger partial charge in [-0.2, -0.15) is 0 Å². The number of unbranched alkanes of at least 4 members (excludes halogenated alkanes) is 1. The van der Waals surface area contributed by atoms with Gasteiger partial charge in [-0.15, -0.1) is 11.3 Å². The lowest BCUT2D eigenvalue weighted by Crippen LogP contribution is -2.47. The summed E-state index contributed by atoms with van der Waals surface area (Å²) >= 11 is 1.12. The first-order valence-electron chi connectivity index (χ1n) is 16.9. The van der Waals surface area contributed by atoms with Crippen molar-refractivity contribution < 1.29 is 27.9 Å². The van der Waals surface area contributed by atoms with Crippen LogP contribution in [0, 0.1) is 5.92 Å². The first-order valence-corrected chi connectivity index (χ1v) is 19.2. The lowest BCUT2D eigenvalue weighted by molar-refractivity contribution is -0.149. The molecule has 0 aliphatic rings. The molecule has 3 aromatic carbocycles. The highest BCUT2D eigenvalue weighted by atomic mass is 32.2. The average Bonchev–Trinajstić information content (AvgIpc) is 3.56. The summed E-state index contributed by atoms with van der Waals surface area (Å²) in [4.78, 5) is 33.9. The molecule has 51 heavy (non-hydrogen) atoms. The molecule has 2 amide bonds. The van der Waals surface area contributed by atoms with Crippen LogP contribution >= 0.6 is 11.3 Å². The molecule has 2 heterocycles. The Morgan fingerprint density at radius 1 is 0.902 bits per heavy atom. The number of hydrogen-bond donors (Lipinski definition) is 2. The summed E-state index contributed by atoms with van der Waals surface area (Å²) in [5.41, 5.74) is 1.39. The molecule has 0 radical (unpaired) electrons. The van der Waals surface area contributed by atoms with E-state index < -0.39 is 27.6 Å². The number of sulfonamides is 1. The minimum atomic E-state index is -4.27. The van der Waals surface area contributed by atoms with Gasteiger partial charge in [0.05, 0.1) is 6.61 Å². The summed E-state index contributed by atoms with van der Waals surface area (Å²) in [5.74, 6) is -0.261. The van der Waals surface area contributed by atoms with Crippen molar-refractivity contribution in [3.8, 4) is 11.1 Å². The molecule has 0 atom stereocenters. The van der Waals surface area contributed by atoms with Crippen LogP contribution in [0.25, 0.3) is 11.1 Å². The normalized spacial score (nSPS) is 11.7. The van der Waals surface area contributed by atoms with E-state index in [1.54, 1.807) is 84.0 Å². The van der Waals surface area contributed by atoms with Gasteiger partial charge in [-0.1, -0.05) is 112 Å². The number of rotatable bonds is 15. The van der Waals surface area contributed by atoms with Gasteiger partial charge in [-0.05, 0) is 64.8 Å². The monoisotopic (exact) mass is 725 g/mol. The molecule has 9 nitrogen and oxygen atoms in total. The topological polar surface area (TPSA) is 126 Å². The highest BCUT2D eigenvalue weighted by Crippen LogP contribution is 2.38. The summed E-state index contributed by atoms with van der Waals surface area (Å²) in [7, 11) is -4.27. The number of amides is 2. The number of aliphatic hydroxyl groups is 1. The average molecular weight is 726 g/mol. The SMILES string of the molecule is CCCCOC(=O)NS(=O)(=O)c1sc(CC(C)C)cc1-c1cccc(CN(Cc2cccnc2)C(=O)C(O)(c2ccccc2)c2ccccc2)c1. The van der Waals surface area contributed by atoms with Gasteiger partial charge in [0.2, 0.25) is 0 Å². The van der Waals surface area contributed by atoms with E-state index in [0.29, 0.717) is 40.7 Å². The van der Waals surface area contributed by atoms with E-state index in [9.17, 15) is 23.1 Å². The molecule has 0 fully saturated rings. The number of carbonyl (C=O) groups is 2. The second kappa shape index (κ2) is 16.9. The summed E-state index contributed by atoms with van der Waals surface area (Å²) in [6, 6.07) is 30.5. The fourth-order valence-electron chi connectivity index (χ4n) is 5.79. The Morgan fingerprint density at radius 3 is 2.16 bits per heavy atom. The van der Waals surface area contributed by atoms with Gasteiger partial charge in [-0.25, -0.2) is 17.9 Å². The largest absolute Gasteiger partial charge is 0.449 e. The zero-order valence-corrected chi connectivity index (χ0v) is 30.6. The van der Waals surface area contributed by atoms with Gasteiger partial charge in [0.15, 0.2) is 5.60 Å². The van der Waals surface area contributed by atoms with Crippen LogP contribution in [0.5, 0.6) is 0 Å². The Labute approximate surface area is 304 Å². The van der Waals surface area contributed by atoms with Crippen LogP contribution in [0.15, 0.2) is 120 Å². The molecule has 0 unspecified atom stereocenters. The fourth-order valence-corrected chi connectivity index (χ4v) is 8.63. The Bertz CT molecular complexity index is 1980. The minimum Gasteiger partial charge on any atom is -0.449 e. The zero-order valence-electron chi connectivity index (χ0n) is 29.0. The van der Waals surface area contributed by atoms with Crippen LogP contribution in [-0.4, -0.2) is 42.0 Å². The van der Waals surface area contributed by atoms with Crippen LogP contribution in [0.4, 0.5) is 4.79 Å². The lowest BCUT2D eigenvalue weighted by atomic mass is 9.84. The molecule has 11 heteroatoms. The van der Waals surface area contributed by atoms with Crippen LogP contribution in [0.1, 0.15) is 60.7 Å². The number of thiophene rings is 1. The molecule has 2 aromatic heterocycles. The standard InChI is InChI=1S/C40H43N3O6S2/c1-4-5-22-49-39(45)42-51(47,48)37-36(25-35(50-37)23-29(2)3)32-16-12-14-30(24-32)27-43(28-31-15-13-21-41-26-31)38(44)40(46,33-17-8-6-9-18-33)34-19-10-7-11-20-34/h6-21,24-26,29,46H,4-5,22-23,27-28H2,1-3H3,(H,42,45). The predicted octanol–water partition coefficient (Wildman–Crippen LogP) is 7.69. The zero-order chi connectivity index (χ0) is 36.4. The van der Waals surface area contributed by atoms with Crippen LogP contribution in [-0.2, 0) is 44.7 Å². The molecule has 0 aliphatic carbocycles. The quantitative estimate of drug-likeness (QED) is 0.106. The molecule has 0 spiro atoms. The van der Waals surface area contributed by atoms with Crippen LogP contribution < -0.4 is 4.72 Å². The van der Waals surface area contributed by atoms with Gasteiger partial charge in [-0.3, -0.25) is 9.78 Å². The molecule has 0 saturated heterocycles. The van der Waals surface area contributed by atoms with Crippen molar-refractivity contribution in [2.45, 2.75) is 62.9 Å². The van der Waals surface area contributed by atoms with Gasteiger partial charge in [0.1, 0.15) is 4.21 Å². The Morgan fingerprint density at radius 2 is 1.55 bits per heavy atom. The molecule has 5 aromatic rings. The van der Waals surface area contributed by atoms with E-state index in [2.05, 4.69) is 23.6 Å². The second-order valence-electron chi connectivity index (χ2n) is 12.8. The molecule has 5 rings (SSSR count). The summed E-state index contributed by atoms with van der Waals surface area (Å²) < 4.78 is 34.4. The van der Waals surface area contributed by atoms with Crippen molar-refractivity contribution in [2.75, 3.05) is 6.61 Å². The minimum absolute atomic E-state index is 0.00793. The van der Waals surface area contributed by atoms with E-state index in [4.69, 9.17) is 4.74 Å². The van der Waals surface area contributed by atoms with Gasteiger partial charge in [0.25, 0.3) is 15.9 Å². The van der Waals surface area contributed by atoms with Gasteiger partial charge in [0, 0.05) is 35.9 Å². The molecular weight excluding hydrogens is 683 g/mol. The molecule has 0 aliphatic heterocycles. The maximum atomic E-state index is 14.7. The first-order chi connectivity index (χ1) is 24.5. The Balaban J connectivity index is 1.54. The van der Waals surface area contributed by atoms with Crippen molar-refractivity contribution in [2.24, 2.45) is 5.92 Å². The molecule has 266 valence electrons. The first kappa shape index (κ1) is 37.4. The number of carbonyl (C=O) groups excluding carboxylic acids is 2. The number of pyridine rings is 1. The number of aromatic nitrogens is 1. The molecule has 0 saturated carbocycles. The second-order valence-corrected chi connectivity index (χ2v) is 15.8. The van der Waals surface area contributed by atoms with E-state index in [1.165, 1.54) is 0 Å². The highest BCUT2D eigenvalue weighted by molar-refractivity contribution is 7.92. The Kier molecular flexibility index (Phi) is 12.4. The van der Waals surface area contributed by atoms with Crippen molar-refractivity contribution in [1.29, 1.82) is 0 Å². The number of nitrogens with zero attached hydrogens (tertiary/aromatic N) is 2. The highest BCUT2D eigenvalue weighted by Gasteiger charge is 2.43. The molecule has 0 bridgehead atoms. The third-order valence-corrected chi connectivity index (χ3v) is 11.2. The van der Waals surface area contributed by atoms with Crippen LogP contribution in [0.2, 0.25) is 0 Å². The fraction of sp³-hybridized carbons (Fsp3) is 0.275. The maximum absolute atomic E-state index is 14.7. The number of nitrogens with one attached hydrogen (secondary N) is 1. The number of benzene rings is 3. The summed E-state index contributed by atoms with van der Waals surface area (Å²) in [5, 5.41) is 12.4. The third-order valence-electron chi connectivity index (χ3n) is 8.24. The Hall–Kier alpha value is -4.84. The van der Waals surface area contributed by atoms with Gasteiger partial charge >= 0.3 is 6.09 Å². The predicted molar refractivity (Wildman–Crippen MR) is 199 cm³/mol. The van der Waals surface area contributed by atoms with Crippen molar-refractivity contribution in [3.05, 3.63) is 143 Å². The summed E-state index contributed by atoms with van der Waals surface area (Å²) in [6.07, 6.45) is 4.39. The number of ether oxygens (including phenoxy) is 1. The lowest BCUT2D eigenvalue weighted by Gasteiger charge is -2.34. The van der Waals surface area contributed by atoms with Crippen molar-refractivity contribution in [1.82, 2.24) is 14.6 Å². The number of hydrogen-bond acceptors (Lipinski definition) is 8. The summed E-state index contributed by atoms with van der Waals surface area (Å²) in [6.45, 7) is 6.42.